The lowest BCUT2D eigenvalue weighted by atomic mass is 9.98. The zero-order valence-electron chi connectivity index (χ0n) is 9.98. The molecule has 2 rings (SSSR count). The third kappa shape index (κ3) is 2.95. The number of nitrogens with two attached hydrogens (primary N) is 1. The Hall–Kier alpha value is -0.610. The second kappa shape index (κ2) is 5.64. The van der Waals surface area contributed by atoms with Crippen LogP contribution in [-0.4, -0.2) is 22.5 Å². The lowest BCUT2D eigenvalue weighted by molar-refractivity contribution is 0.130. The molecule has 1 fully saturated rings. The van der Waals surface area contributed by atoms with E-state index in [4.69, 9.17) is 5.73 Å². The van der Waals surface area contributed by atoms with Gasteiger partial charge < -0.3 is 5.73 Å². The molecule has 1 atom stereocenters. The van der Waals surface area contributed by atoms with Crippen molar-refractivity contribution < 1.29 is 0 Å². The maximum absolute atomic E-state index is 5.67. The van der Waals surface area contributed by atoms with E-state index in [1.807, 2.05) is 0 Å². The standard InChI is InChI=1S/C12H21N3S/c1-2-5-11-6-3-4-7-15(11)8-10-9-16-12(13)14-10/h9,11H,2-8H2,1H3,(H2,13,14). The van der Waals surface area contributed by atoms with Crippen molar-refractivity contribution in [2.75, 3.05) is 12.3 Å². The van der Waals surface area contributed by atoms with Crippen LogP contribution in [0.25, 0.3) is 0 Å². The van der Waals surface area contributed by atoms with Crippen molar-refractivity contribution in [3.8, 4) is 0 Å². The van der Waals surface area contributed by atoms with Gasteiger partial charge in [0.1, 0.15) is 0 Å². The maximum Gasteiger partial charge on any atom is 0.180 e. The van der Waals surface area contributed by atoms with E-state index in [9.17, 15) is 0 Å². The SMILES string of the molecule is CCCC1CCCCN1Cc1csc(N)n1. The van der Waals surface area contributed by atoms with Gasteiger partial charge in [-0.15, -0.1) is 11.3 Å². The van der Waals surface area contributed by atoms with E-state index in [0.717, 1.165) is 18.3 Å². The van der Waals surface area contributed by atoms with Gasteiger partial charge >= 0.3 is 0 Å². The van der Waals surface area contributed by atoms with Gasteiger partial charge in [-0.2, -0.15) is 0 Å². The molecule has 0 radical (unpaired) electrons. The molecule has 90 valence electrons. The zero-order valence-corrected chi connectivity index (χ0v) is 10.8. The zero-order chi connectivity index (χ0) is 11.4. The number of nitrogens with zero attached hydrogens (tertiary/aromatic N) is 2. The number of likely N-dealkylation sites (tertiary alicyclic amines) is 1. The van der Waals surface area contributed by atoms with Gasteiger partial charge in [0.2, 0.25) is 0 Å². The van der Waals surface area contributed by atoms with Gasteiger partial charge in [-0.3, -0.25) is 4.90 Å². The Kier molecular flexibility index (Phi) is 4.18. The van der Waals surface area contributed by atoms with Crippen LogP contribution in [0, 0.1) is 0 Å². The van der Waals surface area contributed by atoms with Crippen LogP contribution < -0.4 is 5.73 Å². The highest BCUT2D eigenvalue weighted by atomic mass is 32.1. The first kappa shape index (κ1) is 11.9. The van der Waals surface area contributed by atoms with E-state index in [1.165, 1.54) is 38.6 Å². The summed E-state index contributed by atoms with van der Waals surface area (Å²) in [4.78, 5) is 6.94. The lowest BCUT2D eigenvalue weighted by Crippen LogP contribution is -2.38. The predicted octanol–water partition coefficient (Wildman–Crippen LogP) is 2.88. The predicted molar refractivity (Wildman–Crippen MR) is 69.5 cm³/mol. The highest BCUT2D eigenvalue weighted by Gasteiger charge is 2.22. The first-order valence-corrected chi connectivity index (χ1v) is 7.11. The Morgan fingerprint density at radius 3 is 3.12 bits per heavy atom. The third-order valence-corrected chi connectivity index (χ3v) is 4.03. The normalized spacial score (nSPS) is 22.4. The van der Waals surface area contributed by atoms with Gasteiger partial charge in [-0.05, 0) is 25.8 Å². The number of aromatic nitrogens is 1. The fourth-order valence-electron chi connectivity index (χ4n) is 2.53. The molecule has 2 heterocycles. The molecular weight excluding hydrogens is 218 g/mol. The van der Waals surface area contributed by atoms with Crippen LogP contribution in [0.3, 0.4) is 0 Å². The Labute approximate surface area is 102 Å². The largest absolute Gasteiger partial charge is 0.375 e. The highest BCUT2D eigenvalue weighted by molar-refractivity contribution is 7.13. The second-order valence-electron chi connectivity index (χ2n) is 4.59. The molecule has 0 amide bonds. The molecule has 4 heteroatoms. The first-order chi connectivity index (χ1) is 7.79. The first-order valence-electron chi connectivity index (χ1n) is 6.23. The number of piperidine rings is 1. The summed E-state index contributed by atoms with van der Waals surface area (Å²) >= 11 is 1.55. The summed E-state index contributed by atoms with van der Waals surface area (Å²) in [5, 5.41) is 2.78. The third-order valence-electron chi connectivity index (χ3n) is 3.31. The van der Waals surface area contributed by atoms with Gasteiger partial charge in [0.25, 0.3) is 0 Å². The summed E-state index contributed by atoms with van der Waals surface area (Å²) < 4.78 is 0. The summed E-state index contributed by atoms with van der Waals surface area (Å²) in [6, 6.07) is 0.765. The molecule has 1 aliphatic rings. The fraction of sp³-hybridized carbons (Fsp3) is 0.750. The topological polar surface area (TPSA) is 42.1 Å². The number of hydrogen-bond donors (Lipinski definition) is 1. The number of anilines is 1. The van der Waals surface area contributed by atoms with Crippen LogP contribution in [0.1, 0.15) is 44.7 Å². The average molecular weight is 239 g/mol. The van der Waals surface area contributed by atoms with Crippen molar-refractivity contribution in [2.45, 2.75) is 51.6 Å². The molecule has 3 nitrogen and oxygen atoms in total. The van der Waals surface area contributed by atoms with Gasteiger partial charge in [-0.25, -0.2) is 4.98 Å². The van der Waals surface area contributed by atoms with Gasteiger partial charge in [-0.1, -0.05) is 19.8 Å². The molecule has 0 spiro atoms. The number of rotatable bonds is 4. The lowest BCUT2D eigenvalue weighted by Gasteiger charge is -2.35. The van der Waals surface area contributed by atoms with E-state index in [0.29, 0.717) is 5.13 Å². The van der Waals surface area contributed by atoms with Crippen LogP contribution in [0.15, 0.2) is 5.38 Å². The molecule has 0 saturated carbocycles. The quantitative estimate of drug-likeness (QED) is 0.878. The summed E-state index contributed by atoms with van der Waals surface area (Å²) in [7, 11) is 0. The molecule has 1 aliphatic heterocycles. The minimum Gasteiger partial charge on any atom is -0.375 e. The van der Waals surface area contributed by atoms with Crippen LogP contribution in [0.2, 0.25) is 0 Å². The van der Waals surface area contributed by atoms with E-state index in [2.05, 4.69) is 22.2 Å². The van der Waals surface area contributed by atoms with Crippen LogP contribution in [0.4, 0.5) is 5.13 Å². The maximum atomic E-state index is 5.67. The Bertz CT molecular complexity index is 322. The van der Waals surface area contributed by atoms with Crippen molar-refractivity contribution in [1.29, 1.82) is 0 Å². The van der Waals surface area contributed by atoms with E-state index in [-0.39, 0.29) is 0 Å². The molecule has 0 aliphatic carbocycles. The summed E-state index contributed by atoms with van der Waals surface area (Å²) in [5.41, 5.74) is 6.81. The van der Waals surface area contributed by atoms with Crippen molar-refractivity contribution >= 4 is 16.5 Å². The Morgan fingerprint density at radius 1 is 1.56 bits per heavy atom. The summed E-state index contributed by atoms with van der Waals surface area (Å²) in [6.07, 6.45) is 6.67. The molecule has 1 aromatic heterocycles. The van der Waals surface area contributed by atoms with Crippen molar-refractivity contribution in [1.82, 2.24) is 9.88 Å². The Balaban J connectivity index is 1.95. The molecule has 1 unspecified atom stereocenters. The summed E-state index contributed by atoms with van der Waals surface area (Å²) in [5.74, 6) is 0. The van der Waals surface area contributed by atoms with Gasteiger partial charge in [0.05, 0.1) is 5.69 Å². The monoisotopic (exact) mass is 239 g/mol. The summed E-state index contributed by atoms with van der Waals surface area (Å²) in [6.45, 7) is 4.48. The van der Waals surface area contributed by atoms with Crippen molar-refractivity contribution in [3.05, 3.63) is 11.1 Å². The smallest absolute Gasteiger partial charge is 0.180 e. The minimum absolute atomic E-state index is 0.694. The van der Waals surface area contributed by atoms with Crippen LogP contribution in [-0.2, 0) is 6.54 Å². The molecule has 0 bridgehead atoms. The van der Waals surface area contributed by atoms with Gasteiger partial charge in [0, 0.05) is 18.0 Å². The fourth-order valence-corrected chi connectivity index (χ4v) is 3.09. The minimum atomic E-state index is 0.694. The molecular formula is C12H21N3S. The molecule has 2 N–H and O–H groups in total. The molecule has 16 heavy (non-hydrogen) atoms. The molecule has 1 saturated heterocycles. The molecule has 0 aromatic carbocycles. The van der Waals surface area contributed by atoms with Crippen LogP contribution >= 0.6 is 11.3 Å². The number of thiazole rings is 1. The second-order valence-corrected chi connectivity index (χ2v) is 5.48. The van der Waals surface area contributed by atoms with E-state index >= 15 is 0 Å². The van der Waals surface area contributed by atoms with Crippen molar-refractivity contribution in [2.24, 2.45) is 0 Å². The van der Waals surface area contributed by atoms with E-state index < -0.39 is 0 Å². The number of hydrogen-bond acceptors (Lipinski definition) is 4. The highest BCUT2D eigenvalue weighted by Crippen LogP contribution is 2.23. The number of nitrogen functional groups attached to an aromatic ring is 1. The van der Waals surface area contributed by atoms with Crippen molar-refractivity contribution in [3.63, 3.8) is 0 Å². The average Bonchev–Trinajstić information content (AvgIpc) is 2.67. The van der Waals surface area contributed by atoms with Crippen LogP contribution in [0.5, 0.6) is 0 Å². The van der Waals surface area contributed by atoms with Gasteiger partial charge in [0.15, 0.2) is 5.13 Å². The van der Waals surface area contributed by atoms with E-state index in [1.54, 1.807) is 11.3 Å². The molecule has 1 aromatic rings. The Morgan fingerprint density at radius 2 is 2.44 bits per heavy atom.